The molecule has 0 saturated carbocycles. The minimum absolute atomic E-state index is 0.0591. The van der Waals surface area contributed by atoms with Gasteiger partial charge in [-0.1, -0.05) is 18.2 Å². The maximum absolute atomic E-state index is 12.7. The van der Waals surface area contributed by atoms with Crippen molar-refractivity contribution in [1.29, 1.82) is 0 Å². The van der Waals surface area contributed by atoms with E-state index in [9.17, 15) is 14.9 Å². The summed E-state index contributed by atoms with van der Waals surface area (Å²) in [7, 11) is 1.55. The largest absolute Gasteiger partial charge is 0.497 e. The monoisotopic (exact) mass is 364 g/mol. The Labute approximate surface area is 155 Å². The molecule has 1 amide bonds. The Hall–Kier alpha value is -3.87. The summed E-state index contributed by atoms with van der Waals surface area (Å²) in [6.45, 7) is 0. The summed E-state index contributed by atoms with van der Waals surface area (Å²) in [4.78, 5) is 23.2. The number of amides is 1. The van der Waals surface area contributed by atoms with E-state index >= 15 is 0 Å². The molecule has 0 spiro atoms. The van der Waals surface area contributed by atoms with Gasteiger partial charge in [-0.2, -0.15) is 0 Å². The number of benzene rings is 3. The van der Waals surface area contributed by atoms with E-state index in [0.29, 0.717) is 17.2 Å². The van der Waals surface area contributed by atoms with Crippen molar-refractivity contribution in [2.24, 2.45) is 0 Å². The van der Waals surface area contributed by atoms with Crippen molar-refractivity contribution in [3.05, 3.63) is 88.5 Å². The lowest BCUT2D eigenvalue weighted by Crippen LogP contribution is -2.13. The first-order valence-electron chi connectivity index (χ1n) is 8.03. The molecule has 0 unspecified atom stereocenters. The first-order chi connectivity index (χ1) is 13.1. The summed E-state index contributed by atoms with van der Waals surface area (Å²) in [5.41, 5.74) is 0.434. The van der Waals surface area contributed by atoms with Gasteiger partial charge in [-0.15, -0.1) is 0 Å². The third-order valence-corrected chi connectivity index (χ3v) is 3.74. The van der Waals surface area contributed by atoms with E-state index in [-0.39, 0.29) is 17.0 Å². The van der Waals surface area contributed by atoms with Gasteiger partial charge >= 0.3 is 0 Å². The molecule has 0 saturated heterocycles. The number of nitro groups is 1. The van der Waals surface area contributed by atoms with E-state index in [1.807, 2.05) is 6.07 Å². The Bertz CT molecular complexity index is 956. The highest BCUT2D eigenvalue weighted by Gasteiger charge is 2.19. The number of hydrogen-bond acceptors (Lipinski definition) is 5. The molecule has 27 heavy (non-hydrogen) atoms. The van der Waals surface area contributed by atoms with Crippen LogP contribution in [-0.4, -0.2) is 17.9 Å². The number of non-ortho nitro benzene ring substituents is 1. The van der Waals surface area contributed by atoms with E-state index in [1.54, 1.807) is 55.6 Å². The van der Waals surface area contributed by atoms with Gasteiger partial charge in [0.1, 0.15) is 17.2 Å². The summed E-state index contributed by atoms with van der Waals surface area (Å²) in [6, 6.07) is 19.5. The van der Waals surface area contributed by atoms with Crippen LogP contribution in [0.15, 0.2) is 72.8 Å². The Morgan fingerprint density at radius 3 is 2.26 bits per heavy atom. The Kier molecular flexibility index (Phi) is 5.32. The third-order valence-electron chi connectivity index (χ3n) is 3.74. The number of nitro benzene ring substituents is 1. The Morgan fingerprint density at radius 1 is 0.963 bits per heavy atom. The smallest absolute Gasteiger partial charge is 0.270 e. The average Bonchev–Trinajstić information content (AvgIpc) is 2.69. The summed E-state index contributed by atoms with van der Waals surface area (Å²) in [5, 5.41) is 13.8. The molecule has 136 valence electrons. The van der Waals surface area contributed by atoms with Crippen LogP contribution in [-0.2, 0) is 0 Å². The number of rotatable bonds is 6. The molecule has 0 aromatic heterocycles. The molecule has 0 aliphatic rings. The van der Waals surface area contributed by atoms with Gasteiger partial charge in [-0.25, -0.2) is 0 Å². The molecule has 3 aromatic rings. The number of anilines is 1. The first kappa shape index (κ1) is 17.9. The predicted octanol–water partition coefficient (Wildman–Crippen LogP) is 4.65. The zero-order chi connectivity index (χ0) is 19.2. The van der Waals surface area contributed by atoms with Crippen LogP contribution in [0.2, 0.25) is 0 Å². The lowest BCUT2D eigenvalue weighted by atomic mass is 10.1. The second-order valence-electron chi connectivity index (χ2n) is 5.54. The Balaban J connectivity index is 1.92. The second kappa shape index (κ2) is 8.01. The van der Waals surface area contributed by atoms with Crippen LogP contribution < -0.4 is 14.8 Å². The number of nitrogens with one attached hydrogen (secondary N) is 1. The van der Waals surface area contributed by atoms with Gasteiger partial charge in [0, 0.05) is 17.8 Å². The fraction of sp³-hybridized carbons (Fsp3) is 0.0500. The quantitative estimate of drug-likeness (QED) is 0.508. The fourth-order valence-electron chi connectivity index (χ4n) is 2.39. The molecule has 7 heteroatoms. The number of ether oxygens (including phenoxy) is 2. The molecule has 0 aliphatic carbocycles. The standard InChI is InChI=1S/C20H16N2O5/c1-26-16-8-10-17(11-9-16)27-19-12-7-15(22(24)25)13-18(19)20(23)21-14-5-3-2-4-6-14/h2-13H,1H3,(H,21,23). The number of methoxy groups -OCH3 is 1. The van der Waals surface area contributed by atoms with Crippen LogP contribution in [0.25, 0.3) is 0 Å². The molecule has 3 aromatic carbocycles. The van der Waals surface area contributed by atoms with Crippen LogP contribution in [0.4, 0.5) is 11.4 Å². The van der Waals surface area contributed by atoms with E-state index in [4.69, 9.17) is 9.47 Å². The minimum Gasteiger partial charge on any atom is -0.497 e. The van der Waals surface area contributed by atoms with Gasteiger partial charge in [0.15, 0.2) is 0 Å². The van der Waals surface area contributed by atoms with E-state index in [0.717, 1.165) is 0 Å². The molecule has 3 rings (SSSR count). The molecule has 0 aliphatic heterocycles. The highest BCUT2D eigenvalue weighted by Crippen LogP contribution is 2.30. The lowest BCUT2D eigenvalue weighted by Gasteiger charge is -2.12. The van der Waals surface area contributed by atoms with Gasteiger partial charge in [0.2, 0.25) is 0 Å². The number of hydrogen-bond donors (Lipinski definition) is 1. The zero-order valence-corrected chi connectivity index (χ0v) is 14.4. The number of para-hydroxylation sites is 1. The van der Waals surface area contributed by atoms with Gasteiger partial charge < -0.3 is 14.8 Å². The summed E-state index contributed by atoms with van der Waals surface area (Å²) in [5.74, 6) is 0.833. The van der Waals surface area contributed by atoms with Gasteiger partial charge in [0.25, 0.3) is 11.6 Å². The van der Waals surface area contributed by atoms with Gasteiger partial charge in [-0.05, 0) is 42.5 Å². The van der Waals surface area contributed by atoms with Crippen molar-refractivity contribution in [2.75, 3.05) is 12.4 Å². The number of nitrogens with zero attached hydrogens (tertiary/aromatic N) is 1. The summed E-state index contributed by atoms with van der Waals surface area (Å²) in [6.07, 6.45) is 0. The zero-order valence-electron chi connectivity index (χ0n) is 14.4. The molecule has 0 heterocycles. The lowest BCUT2D eigenvalue weighted by molar-refractivity contribution is -0.384. The van der Waals surface area contributed by atoms with Crippen molar-refractivity contribution in [3.63, 3.8) is 0 Å². The highest BCUT2D eigenvalue weighted by atomic mass is 16.6. The molecular weight excluding hydrogens is 348 g/mol. The van der Waals surface area contributed by atoms with E-state index in [1.165, 1.54) is 18.2 Å². The topological polar surface area (TPSA) is 90.7 Å². The van der Waals surface area contributed by atoms with Crippen LogP contribution in [0.5, 0.6) is 17.2 Å². The van der Waals surface area contributed by atoms with Crippen molar-refractivity contribution < 1.29 is 19.2 Å². The highest BCUT2D eigenvalue weighted by molar-refractivity contribution is 6.06. The maximum atomic E-state index is 12.7. The maximum Gasteiger partial charge on any atom is 0.270 e. The van der Waals surface area contributed by atoms with Gasteiger partial charge in [-0.3, -0.25) is 14.9 Å². The molecule has 0 fully saturated rings. The van der Waals surface area contributed by atoms with Crippen LogP contribution in [0.3, 0.4) is 0 Å². The minimum atomic E-state index is -0.559. The fourth-order valence-corrected chi connectivity index (χ4v) is 2.39. The van der Waals surface area contributed by atoms with Crippen molar-refractivity contribution in [2.45, 2.75) is 0 Å². The molecular formula is C20H16N2O5. The van der Waals surface area contributed by atoms with Crippen molar-refractivity contribution >= 4 is 17.3 Å². The summed E-state index contributed by atoms with van der Waals surface area (Å²) >= 11 is 0. The van der Waals surface area contributed by atoms with Crippen LogP contribution >= 0.6 is 0 Å². The molecule has 7 nitrogen and oxygen atoms in total. The third kappa shape index (κ3) is 4.40. The predicted molar refractivity (Wildman–Crippen MR) is 101 cm³/mol. The summed E-state index contributed by atoms with van der Waals surface area (Å²) < 4.78 is 10.9. The second-order valence-corrected chi connectivity index (χ2v) is 5.54. The molecule has 0 atom stereocenters. The number of carbonyl (C=O) groups excluding carboxylic acids is 1. The Morgan fingerprint density at radius 2 is 1.63 bits per heavy atom. The van der Waals surface area contributed by atoms with Crippen molar-refractivity contribution in [1.82, 2.24) is 0 Å². The van der Waals surface area contributed by atoms with Crippen LogP contribution in [0, 0.1) is 10.1 Å². The normalized spacial score (nSPS) is 10.1. The van der Waals surface area contributed by atoms with Gasteiger partial charge in [0.05, 0.1) is 17.6 Å². The number of carbonyl (C=O) groups is 1. The average molecular weight is 364 g/mol. The first-order valence-corrected chi connectivity index (χ1v) is 8.03. The molecule has 0 bridgehead atoms. The van der Waals surface area contributed by atoms with E-state index in [2.05, 4.69) is 5.32 Å². The molecule has 1 N–H and O–H groups in total. The molecule has 0 radical (unpaired) electrons. The van der Waals surface area contributed by atoms with Crippen molar-refractivity contribution in [3.8, 4) is 17.2 Å². The van der Waals surface area contributed by atoms with E-state index < -0.39 is 10.8 Å². The SMILES string of the molecule is COc1ccc(Oc2ccc([N+](=O)[O-])cc2C(=O)Nc2ccccc2)cc1. The van der Waals surface area contributed by atoms with Crippen LogP contribution in [0.1, 0.15) is 10.4 Å².